The zero-order valence-corrected chi connectivity index (χ0v) is 15.5. The highest BCUT2D eigenvalue weighted by molar-refractivity contribution is 5.95. The number of anilines is 2. The van der Waals surface area contributed by atoms with Gasteiger partial charge in [-0.25, -0.2) is 0 Å². The van der Waals surface area contributed by atoms with Gasteiger partial charge in [0.05, 0.1) is 0 Å². The molecule has 0 saturated carbocycles. The molecule has 2 aromatic carbocycles. The van der Waals surface area contributed by atoms with Crippen molar-refractivity contribution in [2.24, 2.45) is 0 Å². The minimum atomic E-state index is -0.569. The molecule has 2 rings (SSSR count). The van der Waals surface area contributed by atoms with E-state index in [2.05, 4.69) is 10.6 Å². The normalized spacial score (nSPS) is 11.5. The average molecular weight is 354 g/mol. The van der Waals surface area contributed by atoms with Crippen LogP contribution in [0.15, 0.2) is 48.5 Å². The van der Waals surface area contributed by atoms with Crippen LogP contribution in [0.4, 0.5) is 11.4 Å². The number of carbonyl (C=O) groups excluding carboxylic acids is 2. The van der Waals surface area contributed by atoms with Crippen LogP contribution in [0.2, 0.25) is 0 Å². The number of amides is 2. The van der Waals surface area contributed by atoms with E-state index in [9.17, 15) is 9.59 Å². The van der Waals surface area contributed by atoms with Gasteiger partial charge in [-0.1, -0.05) is 26.0 Å². The topological polar surface area (TPSA) is 67.4 Å². The molecule has 0 radical (unpaired) electrons. The van der Waals surface area contributed by atoms with Crippen LogP contribution in [0, 0.1) is 6.92 Å². The number of ether oxygens (including phenoxy) is 1. The highest BCUT2D eigenvalue weighted by atomic mass is 16.5. The van der Waals surface area contributed by atoms with E-state index in [4.69, 9.17) is 4.74 Å². The monoisotopic (exact) mass is 354 g/mol. The first kappa shape index (κ1) is 19.5. The van der Waals surface area contributed by atoms with Gasteiger partial charge in [0.1, 0.15) is 5.75 Å². The molecule has 2 N–H and O–H groups in total. The SMILES string of the molecule is CCCC(=O)Nc1ccc(NC(=O)C(CC)Oc2cccc(C)c2)cc1. The zero-order chi connectivity index (χ0) is 18.9. The summed E-state index contributed by atoms with van der Waals surface area (Å²) in [7, 11) is 0. The van der Waals surface area contributed by atoms with E-state index in [-0.39, 0.29) is 11.8 Å². The van der Waals surface area contributed by atoms with Gasteiger partial charge in [0.2, 0.25) is 5.91 Å². The Morgan fingerprint density at radius 1 is 1.00 bits per heavy atom. The summed E-state index contributed by atoms with van der Waals surface area (Å²) >= 11 is 0. The molecule has 0 aliphatic heterocycles. The molecule has 0 heterocycles. The number of aryl methyl sites for hydroxylation is 1. The highest BCUT2D eigenvalue weighted by Crippen LogP contribution is 2.18. The first-order valence-electron chi connectivity index (χ1n) is 8.96. The number of benzene rings is 2. The molecule has 5 nitrogen and oxygen atoms in total. The second kappa shape index (κ2) is 9.61. The molecule has 1 atom stereocenters. The molecular formula is C21H26N2O3. The lowest BCUT2D eigenvalue weighted by atomic mass is 10.2. The van der Waals surface area contributed by atoms with Crippen LogP contribution < -0.4 is 15.4 Å². The summed E-state index contributed by atoms with van der Waals surface area (Å²) < 4.78 is 5.81. The van der Waals surface area contributed by atoms with Crippen LogP contribution in [0.3, 0.4) is 0 Å². The maximum absolute atomic E-state index is 12.5. The van der Waals surface area contributed by atoms with Gasteiger partial charge in [0.15, 0.2) is 6.10 Å². The molecule has 0 aromatic heterocycles. The second-order valence-electron chi connectivity index (χ2n) is 6.20. The fraction of sp³-hybridized carbons (Fsp3) is 0.333. The lowest BCUT2D eigenvalue weighted by Crippen LogP contribution is -2.32. The minimum Gasteiger partial charge on any atom is -0.481 e. The zero-order valence-electron chi connectivity index (χ0n) is 15.5. The molecule has 0 fully saturated rings. The average Bonchev–Trinajstić information content (AvgIpc) is 2.61. The molecule has 0 spiro atoms. The summed E-state index contributed by atoms with van der Waals surface area (Å²) in [6.07, 6.45) is 1.29. The van der Waals surface area contributed by atoms with Crippen LogP contribution >= 0.6 is 0 Å². The smallest absolute Gasteiger partial charge is 0.265 e. The van der Waals surface area contributed by atoms with Gasteiger partial charge in [0.25, 0.3) is 5.91 Å². The summed E-state index contributed by atoms with van der Waals surface area (Å²) in [5, 5.41) is 5.68. The molecule has 1 unspecified atom stereocenters. The third-order valence-corrected chi connectivity index (χ3v) is 3.84. The summed E-state index contributed by atoms with van der Waals surface area (Å²) in [5.74, 6) is 0.472. The van der Waals surface area contributed by atoms with E-state index in [0.717, 1.165) is 12.0 Å². The first-order valence-corrected chi connectivity index (χ1v) is 8.96. The number of nitrogens with one attached hydrogen (secondary N) is 2. The lowest BCUT2D eigenvalue weighted by Gasteiger charge is -2.17. The summed E-state index contributed by atoms with van der Waals surface area (Å²) in [6.45, 7) is 5.85. The van der Waals surface area contributed by atoms with Gasteiger partial charge in [-0.15, -0.1) is 0 Å². The van der Waals surface area contributed by atoms with Gasteiger partial charge in [-0.05, 0) is 61.7 Å². The van der Waals surface area contributed by atoms with E-state index < -0.39 is 6.10 Å². The number of hydrogen-bond acceptors (Lipinski definition) is 3. The Bertz CT molecular complexity index is 741. The maximum atomic E-state index is 12.5. The van der Waals surface area contributed by atoms with Gasteiger partial charge in [-0.3, -0.25) is 9.59 Å². The Balaban J connectivity index is 1.95. The van der Waals surface area contributed by atoms with E-state index >= 15 is 0 Å². The van der Waals surface area contributed by atoms with Crippen molar-refractivity contribution in [1.29, 1.82) is 0 Å². The van der Waals surface area contributed by atoms with Gasteiger partial charge < -0.3 is 15.4 Å². The Morgan fingerprint density at radius 2 is 1.65 bits per heavy atom. The van der Waals surface area contributed by atoms with E-state index in [0.29, 0.717) is 30.0 Å². The summed E-state index contributed by atoms with van der Waals surface area (Å²) in [6, 6.07) is 14.7. The van der Waals surface area contributed by atoms with Crippen molar-refractivity contribution in [2.75, 3.05) is 10.6 Å². The molecule has 0 aliphatic rings. The Hall–Kier alpha value is -2.82. The molecule has 5 heteroatoms. The summed E-state index contributed by atoms with van der Waals surface area (Å²) in [4.78, 5) is 24.1. The standard InChI is InChI=1S/C21H26N2O3/c1-4-7-20(24)22-16-10-12-17(13-11-16)23-21(25)19(5-2)26-18-9-6-8-15(3)14-18/h6,8-14,19H,4-5,7H2,1-3H3,(H,22,24)(H,23,25). The highest BCUT2D eigenvalue weighted by Gasteiger charge is 2.18. The fourth-order valence-corrected chi connectivity index (χ4v) is 2.49. The second-order valence-corrected chi connectivity index (χ2v) is 6.20. The van der Waals surface area contributed by atoms with E-state index in [1.165, 1.54) is 0 Å². The molecule has 138 valence electrons. The van der Waals surface area contributed by atoms with Crippen molar-refractivity contribution >= 4 is 23.2 Å². The number of hydrogen-bond donors (Lipinski definition) is 2. The summed E-state index contributed by atoms with van der Waals surface area (Å²) in [5.41, 5.74) is 2.46. The predicted molar refractivity (Wildman–Crippen MR) is 104 cm³/mol. The van der Waals surface area contributed by atoms with Crippen LogP contribution in [-0.4, -0.2) is 17.9 Å². The van der Waals surface area contributed by atoms with Crippen molar-refractivity contribution in [1.82, 2.24) is 0 Å². The van der Waals surface area contributed by atoms with E-state index in [1.807, 2.05) is 45.0 Å². The minimum absolute atomic E-state index is 0.0121. The molecule has 26 heavy (non-hydrogen) atoms. The number of rotatable bonds is 8. The van der Waals surface area contributed by atoms with Gasteiger partial charge in [0, 0.05) is 17.8 Å². The Morgan fingerprint density at radius 3 is 2.23 bits per heavy atom. The predicted octanol–water partition coefficient (Wildman–Crippen LogP) is 4.53. The largest absolute Gasteiger partial charge is 0.481 e. The van der Waals surface area contributed by atoms with Crippen molar-refractivity contribution in [3.8, 4) is 5.75 Å². The van der Waals surface area contributed by atoms with Crippen molar-refractivity contribution in [2.45, 2.75) is 46.1 Å². The Kier molecular flexibility index (Phi) is 7.21. The molecule has 0 aliphatic carbocycles. The van der Waals surface area contributed by atoms with E-state index in [1.54, 1.807) is 24.3 Å². The maximum Gasteiger partial charge on any atom is 0.265 e. The van der Waals surface area contributed by atoms with Crippen LogP contribution in [0.5, 0.6) is 5.75 Å². The first-order chi connectivity index (χ1) is 12.5. The third kappa shape index (κ3) is 5.92. The third-order valence-electron chi connectivity index (χ3n) is 3.84. The van der Waals surface area contributed by atoms with Crippen LogP contribution in [0.1, 0.15) is 38.7 Å². The Labute approximate surface area is 154 Å². The molecule has 2 amide bonds. The van der Waals surface area contributed by atoms with Crippen LogP contribution in [0.25, 0.3) is 0 Å². The number of carbonyl (C=O) groups is 2. The quantitative estimate of drug-likeness (QED) is 0.732. The molecule has 0 saturated heterocycles. The fourth-order valence-electron chi connectivity index (χ4n) is 2.49. The van der Waals surface area contributed by atoms with Crippen molar-refractivity contribution in [3.63, 3.8) is 0 Å². The molecular weight excluding hydrogens is 328 g/mol. The lowest BCUT2D eigenvalue weighted by molar-refractivity contribution is -0.122. The van der Waals surface area contributed by atoms with Crippen LogP contribution in [-0.2, 0) is 9.59 Å². The van der Waals surface area contributed by atoms with Gasteiger partial charge >= 0.3 is 0 Å². The molecule has 2 aromatic rings. The van der Waals surface area contributed by atoms with Gasteiger partial charge in [-0.2, -0.15) is 0 Å². The van der Waals surface area contributed by atoms with Crippen molar-refractivity contribution < 1.29 is 14.3 Å². The van der Waals surface area contributed by atoms with Crippen molar-refractivity contribution in [3.05, 3.63) is 54.1 Å². The molecule has 0 bridgehead atoms.